The largest absolute Gasteiger partial charge is 0.378 e. The van der Waals surface area contributed by atoms with E-state index in [1.165, 1.54) is 6.42 Å². The molecule has 4 nitrogen and oxygen atoms in total. The molecule has 1 aromatic heterocycles. The highest BCUT2D eigenvalue weighted by Gasteiger charge is 2.38. The maximum atomic E-state index is 5.49. The zero-order valence-electron chi connectivity index (χ0n) is 8.13. The number of aromatic amines is 1. The van der Waals surface area contributed by atoms with E-state index >= 15 is 0 Å². The molecule has 4 heteroatoms. The average molecular weight is 181 g/mol. The summed E-state index contributed by atoms with van der Waals surface area (Å²) >= 11 is 0. The number of rotatable bonds is 3. The normalized spacial score (nSPS) is 19.8. The molecule has 13 heavy (non-hydrogen) atoms. The number of H-pyrrole nitrogens is 1. The summed E-state index contributed by atoms with van der Waals surface area (Å²) in [7, 11) is 1.78. The lowest BCUT2D eigenvalue weighted by molar-refractivity contribution is -0.0720. The summed E-state index contributed by atoms with van der Waals surface area (Å²) in [6, 6.07) is 0. The van der Waals surface area contributed by atoms with Crippen LogP contribution >= 0.6 is 0 Å². The van der Waals surface area contributed by atoms with Gasteiger partial charge in [0.05, 0.1) is 5.60 Å². The van der Waals surface area contributed by atoms with Crippen molar-refractivity contribution in [1.29, 1.82) is 0 Å². The molecule has 1 aromatic rings. The van der Waals surface area contributed by atoms with E-state index in [9.17, 15) is 0 Å². The Morgan fingerprint density at radius 1 is 1.54 bits per heavy atom. The van der Waals surface area contributed by atoms with Crippen molar-refractivity contribution in [3.05, 3.63) is 11.6 Å². The minimum atomic E-state index is 0.0363. The third kappa shape index (κ3) is 1.58. The van der Waals surface area contributed by atoms with Gasteiger partial charge in [0, 0.05) is 13.5 Å². The van der Waals surface area contributed by atoms with Crippen LogP contribution in [0.15, 0.2) is 0 Å². The Kier molecular flexibility index (Phi) is 2.07. The Hall–Kier alpha value is -0.900. The molecule has 1 aliphatic rings. The molecule has 0 atom stereocenters. The van der Waals surface area contributed by atoms with Gasteiger partial charge in [-0.15, -0.1) is 0 Å². The molecule has 1 aliphatic carbocycles. The fourth-order valence-corrected chi connectivity index (χ4v) is 1.78. The summed E-state index contributed by atoms with van der Waals surface area (Å²) in [6.07, 6.45) is 4.37. The van der Waals surface area contributed by atoms with Gasteiger partial charge in [0.1, 0.15) is 5.82 Å². The molecule has 72 valence electrons. The van der Waals surface area contributed by atoms with Crippen LogP contribution in [-0.2, 0) is 11.2 Å². The van der Waals surface area contributed by atoms with E-state index in [-0.39, 0.29) is 5.60 Å². The molecule has 0 spiro atoms. The first-order valence-electron chi connectivity index (χ1n) is 4.67. The smallest absolute Gasteiger partial charge is 0.153 e. The summed E-state index contributed by atoms with van der Waals surface area (Å²) in [6.45, 7) is 1.91. The van der Waals surface area contributed by atoms with E-state index in [0.717, 1.165) is 30.9 Å². The van der Waals surface area contributed by atoms with E-state index in [1.807, 2.05) is 6.92 Å². The van der Waals surface area contributed by atoms with Crippen molar-refractivity contribution >= 4 is 0 Å². The molecule has 1 N–H and O–H groups in total. The van der Waals surface area contributed by atoms with Crippen LogP contribution in [0.1, 0.15) is 30.9 Å². The fraction of sp³-hybridized carbons (Fsp3) is 0.778. The van der Waals surface area contributed by atoms with Crippen LogP contribution in [0.25, 0.3) is 0 Å². The van der Waals surface area contributed by atoms with E-state index in [2.05, 4.69) is 15.2 Å². The third-order valence-corrected chi connectivity index (χ3v) is 2.82. The minimum Gasteiger partial charge on any atom is -0.378 e. The van der Waals surface area contributed by atoms with Crippen LogP contribution in [-0.4, -0.2) is 27.9 Å². The van der Waals surface area contributed by atoms with Crippen LogP contribution in [0.3, 0.4) is 0 Å². The highest BCUT2D eigenvalue weighted by molar-refractivity contribution is 5.00. The van der Waals surface area contributed by atoms with Crippen molar-refractivity contribution in [2.75, 3.05) is 7.11 Å². The minimum absolute atomic E-state index is 0.0363. The first kappa shape index (κ1) is 8.69. The molecule has 0 unspecified atom stereocenters. The molecule has 0 aromatic carbocycles. The highest BCUT2D eigenvalue weighted by atomic mass is 16.5. The standard InChI is InChI=1S/C9H15N3O/c1-7-10-8(12-11-7)6-9(13-2)4-3-5-9/h3-6H2,1-2H3,(H,10,11,12). The van der Waals surface area contributed by atoms with Gasteiger partial charge in [0.25, 0.3) is 0 Å². The molecular weight excluding hydrogens is 166 g/mol. The second kappa shape index (κ2) is 3.10. The van der Waals surface area contributed by atoms with Crippen LogP contribution in [0, 0.1) is 6.92 Å². The van der Waals surface area contributed by atoms with Crippen LogP contribution < -0.4 is 0 Å². The predicted molar refractivity (Wildman–Crippen MR) is 48.4 cm³/mol. The van der Waals surface area contributed by atoms with Crippen LogP contribution in [0.2, 0.25) is 0 Å². The van der Waals surface area contributed by atoms with Crippen molar-refractivity contribution in [2.24, 2.45) is 0 Å². The first-order valence-corrected chi connectivity index (χ1v) is 4.67. The lowest BCUT2D eigenvalue weighted by Gasteiger charge is -2.39. The number of aromatic nitrogens is 3. The summed E-state index contributed by atoms with van der Waals surface area (Å²) in [5.41, 5.74) is 0.0363. The monoisotopic (exact) mass is 181 g/mol. The van der Waals surface area contributed by atoms with Gasteiger partial charge in [-0.3, -0.25) is 5.10 Å². The number of nitrogens with zero attached hydrogens (tertiary/aromatic N) is 2. The third-order valence-electron chi connectivity index (χ3n) is 2.82. The Balaban J connectivity index is 2.04. The number of aryl methyl sites for hydroxylation is 1. The molecule has 0 aliphatic heterocycles. The first-order chi connectivity index (χ1) is 6.24. The van der Waals surface area contributed by atoms with Gasteiger partial charge in [-0.1, -0.05) is 0 Å². The Bertz CT molecular complexity index is 285. The number of methoxy groups -OCH3 is 1. The Labute approximate surface area is 77.7 Å². The molecule has 0 bridgehead atoms. The maximum Gasteiger partial charge on any atom is 0.153 e. The topological polar surface area (TPSA) is 50.8 Å². The quantitative estimate of drug-likeness (QED) is 0.762. The van der Waals surface area contributed by atoms with Crippen LogP contribution in [0.5, 0.6) is 0 Å². The van der Waals surface area contributed by atoms with Gasteiger partial charge in [-0.2, -0.15) is 5.10 Å². The number of nitrogens with one attached hydrogen (secondary N) is 1. The molecule has 0 saturated heterocycles. The van der Waals surface area contributed by atoms with Crippen molar-refractivity contribution in [3.63, 3.8) is 0 Å². The molecule has 1 saturated carbocycles. The summed E-state index contributed by atoms with van der Waals surface area (Å²) < 4.78 is 5.49. The van der Waals surface area contributed by atoms with E-state index in [0.29, 0.717) is 0 Å². The van der Waals surface area contributed by atoms with Crippen molar-refractivity contribution in [3.8, 4) is 0 Å². The van der Waals surface area contributed by atoms with Gasteiger partial charge in [0.15, 0.2) is 5.82 Å². The van der Waals surface area contributed by atoms with E-state index in [1.54, 1.807) is 7.11 Å². The lowest BCUT2D eigenvalue weighted by atomic mass is 9.77. The zero-order valence-corrected chi connectivity index (χ0v) is 8.13. The molecule has 0 radical (unpaired) electrons. The molecule has 1 fully saturated rings. The fourth-order valence-electron chi connectivity index (χ4n) is 1.78. The second-order valence-electron chi connectivity index (χ2n) is 3.75. The van der Waals surface area contributed by atoms with Gasteiger partial charge in [-0.05, 0) is 26.2 Å². The number of ether oxygens (including phenoxy) is 1. The molecule has 1 heterocycles. The predicted octanol–water partition coefficient (Wildman–Crippen LogP) is 1.22. The number of hydrogen-bond donors (Lipinski definition) is 1. The van der Waals surface area contributed by atoms with Crippen molar-refractivity contribution in [2.45, 2.75) is 38.2 Å². The summed E-state index contributed by atoms with van der Waals surface area (Å²) in [5.74, 6) is 1.75. The Morgan fingerprint density at radius 2 is 2.31 bits per heavy atom. The van der Waals surface area contributed by atoms with Gasteiger partial charge >= 0.3 is 0 Å². The number of hydrogen-bond acceptors (Lipinski definition) is 3. The molecular formula is C9H15N3O. The van der Waals surface area contributed by atoms with E-state index in [4.69, 9.17) is 4.74 Å². The highest BCUT2D eigenvalue weighted by Crippen LogP contribution is 2.37. The zero-order chi connectivity index (χ0) is 9.31. The van der Waals surface area contributed by atoms with Gasteiger partial charge in [0.2, 0.25) is 0 Å². The summed E-state index contributed by atoms with van der Waals surface area (Å²) in [5, 5.41) is 6.96. The molecule has 2 rings (SSSR count). The van der Waals surface area contributed by atoms with E-state index < -0.39 is 0 Å². The van der Waals surface area contributed by atoms with Crippen molar-refractivity contribution < 1.29 is 4.74 Å². The maximum absolute atomic E-state index is 5.49. The average Bonchev–Trinajstić information content (AvgIpc) is 2.44. The van der Waals surface area contributed by atoms with Gasteiger partial charge in [-0.25, -0.2) is 4.98 Å². The van der Waals surface area contributed by atoms with Crippen molar-refractivity contribution in [1.82, 2.24) is 15.2 Å². The summed E-state index contributed by atoms with van der Waals surface area (Å²) in [4.78, 5) is 4.28. The van der Waals surface area contributed by atoms with Gasteiger partial charge < -0.3 is 4.74 Å². The SMILES string of the molecule is COC1(Cc2n[nH]c(C)n2)CCC1. The molecule has 0 amide bonds. The Morgan fingerprint density at radius 3 is 2.69 bits per heavy atom. The van der Waals surface area contributed by atoms with Crippen LogP contribution in [0.4, 0.5) is 0 Å². The lowest BCUT2D eigenvalue weighted by Crippen LogP contribution is -2.41. The second-order valence-corrected chi connectivity index (χ2v) is 3.75.